The molecular formula is C22H28F4N2O2. The number of rotatable bonds is 9. The van der Waals surface area contributed by atoms with Gasteiger partial charge < -0.3 is 15.5 Å². The van der Waals surface area contributed by atoms with Gasteiger partial charge in [0, 0.05) is 23.4 Å². The fourth-order valence-electron chi connectivity index (χ4n) is 2.43. The molecule has 0 aliphatic heterocycles. The Labute approximate surface area is 174 Å². The van der Waals surface area contributed by atoms with Crippen LogP contribution in [0.25, 0.3) is 0 Å². The molecule has 0 amide bonds. The Bertz CT molecular complexity index is 838. The molecule has 0 radical (unpaired) electrons. The molecule has 0 fully saturated rings. The predicted octanol–water partition coefficient (Wildman–Crippen LogP) is 5.28. The van der Waals surface area contributed by atoms with Crippen LogP contribution in [0.3, 0.4) is 0 Å². The lowest BCUT2D eigenvalue weighted by molar-refractivity contribution is -0.137. The van der Waals surface area contributed by atoms with E-state index in [1.165, 1.54) is 13.0 Å². The van der Waals surface area contributed by atoms with Crippen LogP contribution in [0.4, 0.5) is 17.6 Å². The summed E-state index contributed by atoms with van der Waals surface area (Å²) in [5, 5.41) is 22.5. The van der Waals surface area contributed by atoms with Crippen molar-refractivity contribution in [3.8, 4) is 5.75 Å². The summed E-state index contributed by atoms with van der Waals surface area (Å²) >= 11 is 0. The summed E-state index contributed by atoms with van der Waals surface area (Å²) in [6.07, 6.45) is 0.0141. The molecule has 0 spiro atoms. The number of nitrogens with zero attached hydrogens (tertiary/aromatic N) is 1. The van der Waals surface area contributed by atoms with Gasteiger partial charge in [0.15, 0.2) is 0 Å². The van der Waals surface area contributed by atoms with Gasteiger partial charge in [0.05, 0.1) is 23.9 Å². The standard InChI is InChI=1S/C22H28F4N2O2/c1-5-6-7-19(23)16(4)21(27-11-10-14(2)28-13-15(3)29)18-9-8-17(12-20(18)30)22(24,25)26/h6-10,12,15,28-30H,5,11,13H2,1-4H3/b7-6-,14-10+,19-16-,27-21?. The molecule has 3 N–H and O–H groups in total. The van der Waals surface area contributed by atoms with Gasteiger partial charge in [-0.1, -0.05) is 13.0 Å². The van der Waals surface area contributed by atoms with E-state index in [9.17, 15) is 27.8 Å². The fraction of sp³-hybridized carbons (Fsp3) is 0.409. The predicted molar refractivity (Wildman–Crippen MR) is 111 cm³/mol. The van der Waals surface area contributed by atoms with E-state index in [2.05, 4.69) is 10.3 Å². The summed E-state index contributed by atoms with van der Waals surface area (Å²) < 4.78 is 53.2. The highest BCUT2D eigenvalue weighted by atomic mass is 19.4. The number of aromatic hydroxyl groups is 1. The quantitative estimate of drug-likeness (QED) is 0.285. The number of phenols is 1. The third kappa shape index (κ3) is 8.02. The molecule has 1 rings (SSSR count). The van der Waals surface area contributed by atoms with Gasteiger partial charge in [0.2, 0.25) is 0 Å². The van der Waals surface area contributed by atoms with E-state index in [-0.39, 0.29) is 23.4 Å². The van der Waals surface area contributed by atoms with Gasteiger partial charge in [0.1, 0.15) is 11.6 Å². The number of hydrogen-bond acceptors (Lipinski definition) is 4. The van der Waals surface area contributed by atoms with E-state index in [1.54, 1.807) is 26.0 Å². The number of alkyl halides is 3. The monoisotopic (exact) mass is 428 g/mol. The number of hydrogen-bond donors (Lipinski definition) is 3. The number of allylic oxidation sites excluding steroid dienone is 5. The minimum absolute atomic E-state index is 0.00328. The van der Waals surface area contributed by atoms with Gasteiger partial charge >= 0.3 is 6.18 Å². The second-order valence-electron chi connectivity index (χ2n) is 6.82. The molecule has 0 saturated heterocycles. The second-order valence-corrected chi connectivity index (χ2v) is 6.82. The van der Waals surface area contributed by atoms with E-state index < -0.39 is 29.4 Å². The average molecular weight is 428 g/mol. The minimum Gasteiger partial charge on any atom is -0.507 e. The first-order valence-electron chi connectivity index (χ1n) is 9.54. The van der Waals surface area contributed by atoms with Crippen molar-refractivity contribution in [2.45, 2.75) is 46.4 Å². The Morgan fingerprint density at radius 1 is 1.27 bits per heavy atom. The maximum atomic E-state index is 14.5. The number of aliphatic hydroxyl groups is 1. The molecule has 1 unspecified atom stereocenters. The Hall–Kier alpha value is -2.61. The number of nitrogens with one attached hydrogen (secondary N) is 1. The average Bonchev–Trinajstić information content (AvgIpc) is 2.67. The molecule has 30 heavy (non-hydrogen) atoms. The van der Waals surface area contributed by atoms with E-state index in [0.717, 1.165) is 17.8 Å². The van der Waals surface area contributed by atoms with Crippen LogP contribution >= 0.6 is 0 Å². The summed E-state index contributed by atoms with van der Waals surface area (Å²) in [7, 11) is 0. The number of aliphatic hydroxyl groups excluding tert-OH is 1. The second kappa shape index (κ2) is 11.5. The normalized spacial score (nSPS) is 15.4. The third-order valence-corrected chi connectivity index (χ3v) is 4.12. The zero-order valence-electron chi connectivity index (χ0n) is 17.5. The van der Waals surface area contributed by atoms with Crippen molar-refractivity contribution < 1.29 is 27.8 Å². The van der Waals surface area contributed by atoms with Gasteiger partial charge in [0.25, 0.3) is 0 Å². The summed E-state index contributed by atoms with van der Waals surface area (Å²) in [6.45, 7) is 7.12. The minimum atomic E-state index is -4.61. The van der Waals surface area contributed by atoms with Gasteiger partial charge in [-0.05, 0) is 57.5 Å². The van der Waals surface area contributed by atoms with Crippen molar-refractivity contribution in [2.75, 3.05) is 13.1 Å². The van der Waals surface area contributed by atoms with Crippen molar-refractivity contribution in [3.63, 3.8) is 0 Å². The molecule has 4 nitrogen and oxygen atoms in total. The molecule has 0 aromatic heterocycles. The summed E-state index contributed by atoms with van der Waals surface area (Å²) in [5.41, 5.74) is -0.127. The van der Waals surface area contributed by atoms with Gasteiger partial charge in [-0.15, -0.1) is 0 Å². The number of halogens is 4. The van der Waals surface area contributed by atoms with Crippen LogP contribution in [-0.2, 0) is 6.18 Å². The first kappa shape index (κ1) is 25.4. The van der Waals surface area contributed by atoms with Crippen molar-refractivity contribution in [3.05, 3.63) is 64.7 Å². The lowest BCUT2D eigenvalue weighted by atomic mass is 9.99. The smallest absolute Gasteiger partial charge is 0.416 e. The zero-order chi connectivity index (χ0) is 22.9. The van der Waals surface area contributed by atoms with Crippen LogP contribution < -0.4 is 5.32 Å². The molecule has 8 heteroatoms. The van der Waals surface area contributed by atoms with E-state index >= 15 is 0 Å². The van der Waals surface area contributed by atoms with Crippen LogP contribution in [0.2, 0.25) is 0 Å². The highest BCUT2D eigenvalue weighted by Crippen LogP contribution is 2.33. The molecule has 0 aliphatic rings. The number of benzene rings is 1. The summed E-state index contributed by atoms with van der Waals surface area (Å²) in [5.74, 6) is -1.23. The molecule has 0 heterocycles. The Morgan fingerprint density at radius 2 is 1.93 bits per heavy atom. The number of phenolic OH excluding ortho intramolecular Hbond substituents is 1. The molecule has 1 aromatic rings. The largest absolute Gasteiger partial charge is 0.507 e. The van der Waals surface area contributed by atoms with E-state index in [0.29, 0.717) is 19.0 Å². The van der Waals surface area contributed by atoms with Crippen molar-refractivity contribution in [2.24, 2.45) is 4.99 Å². The van der Waals surface area contributed by atoms with Crippen LogP contribution in [0.15, 0.2) is 58.5 Å². The van der Waals surface area contributed by atoms with Crippen LogP contribution in [0.1, 0.15) is 45.2 Å². The highest BCUT2D eigenvalue weighted by Gasteiger charge is 2.31. The van der Waals surface area contributed by atoms with E-state index in [4.69, 9.17) is 0 Å². The van der Waals surface area contributed by atoms with Crippen molar-refractivity contribution in [1.82, 2.24) is 5.32 Å². The fourth-order valence-corrected chi connectivity index (χ4v) is 2.43. The molecule has 0 bridgehead atoms. The lowest BCUT2D eigenvalue weighted by Crippen LogP contribution is -2.22. The summed E-state index contributed by atoms with van der Waals surface area (Å²) in [4.78, 5) is 4.31. The summed E-state index contributed by atoms with van der Waals surface area (Å²) in [6, 6.07) is 2.51. The van der Waals surface area contributed by atoms with Gasteiger partial charge in [-0.2, -0.15) is 13.2 Å². The molecule has 166 valence electrons. The maximum Gasteiger partial charge on any atom is 0.416 e. The van der Waals surface area contributed by atoms with Crippen molar-refractivity contribution in [1.29, 1.82) is 0 Å². The van der Waals surface area contributed by atoms with Crippen molar-refractivity contribution >= 4 is 5.71 Å². The SMILES string of the molecule is CC/C=C\C(F)=C(/C)C(=NC/C=C(\C)NCC(C)O)c1ccc(C(F)(F)F)cc1O. The first-order chi connectivity index (χ1) is 14.0. The molecule has 0 aliphatic carbocycles. The first-order valence-corrected chi connectivity index (χ1v) is 9.54. The van der Waals surface area contributed by atoms with Crippen LogP contribution in [0, 0.1) is 0 Å². The van der Waals surface area contributed by atoms with Crippen LogP contribution in [-0.4, -0.2) is 35.1 Å². The maximum absolute atomic E-state index is 14.5. The van der Waals surface area contributed by atoms with Gasteiger partial charge in [-0.25, -0.2) is 4.39 Å². The number of aliphatic imine (C=N–C) groups is 1. The zero-order valence-corrected chi connectivity index (χ0v) is 17.5. The molecule has 0 saturated carbocycles. The topological polar surface area (TPSA) is 64.9 Å². The van der Waals surface area contributed by atoms with E-state index in [1.807, 2.05) is 6.92 Å². The molecule has 1 aromatic carbocycles. The highest BCUT2D eigenvalue weighted by molar-refractivity contribution is 6.14. The van der Waals surface area contributed by atoms with Crippen LogP contribution in [0.5, 0.6) is 5.75 Å². The Morgan fingerprint density at radius 3 is 2.47 bits per heavy atom. The Kier molecular flexibility index (Phi) is 9.78. The molecule has 1 atom stereocenters. The molecular weight excluding hydrogens is 400 g/mol. The lowest BCUT2D eigenvalue weighted by Gasteiger charge is -2.13. The Balaban J connectivity index is 3.35. The third-order valence-electron chi connectivity index (χ3n) is 4.12. The van der Waals surface area contributed by atoms with Gasteiger partial charge in [-0.3, -0.25) is 4.99 Å².